The Bertz CT molecular complexity index is 869. The summed E-state index contributed by atoms with van der Waals surface area (Å²) >= 11 is 0. The number of hydrogen-bond acceptors (Lipinski definition) is 6. The summed E-state index contributed by atoms with van der Waals surface area (Å²) in [4.78, 5) is 27.1. The monoisotopic (exact) mass is 434 g/mol. The molecule has 0 spiro atoms. The van der Waals surface area contributed by atoms with Crippen LogP contribution in [0, 0.1) is 17.2 Å². The maximum absolute atomic E-state index is 12.6. The van der Waals surface area contributed by atoms with E-state index in [9.17, 15) is 18.0 Å². The molecule has 1 fully saturated rings. The molecule has 1 atom stereocenters. The Kier molecular flexibility index (Phi) is 8.81. The average Bonchev–Trinajstić information content (AvgIpc) is 3.23. The first-order chi connectivity index (χ1) is 14.2. The summed E-state index contributed by atoms with van der Waals surface area (Å²) in [5, 5.41) is 13.8. The molecule has 2 amide bonds. The SMILES string of the molecule is CC(C)CC(NC(=O)c1ccc(S(=O)(=O)CCN2CCCC2)cc1)C(=O)NCC#N. The van der Waals surface area contributed by atoms with Gasteiger partial charge < -0.3 is 15.5 Å². The van der Waals surface area contributed by atoms with Crippen molar-refractivity contribution in [1.82, 2.24) is 15.5 Å². The van der Waals surface area contributed by atoms with Crippen LogP contribution in [0.2, 0.25) is 0 Å². The first-order valence-corrected chi connectivity index (χ1v) is 11.9. The summed E-state index contributed by atoms with van der Waals surface area (Å²) in [6, 6.07) is 6.84. The van der Waals surface area contributed by atoms with Crippen LogP contribution in [0.5, 0.6) is 0 Å². The molecular formula is C21H30N4O4S. The van der Waals surface area contributed by atoms with E-state index < -0.39 is 27.7 Å². The van der Waals surface area contributed by atoms with Crippen molar-refractivity contribution in [3.63, 3.8) is 0 Å². The van der Waals surface area contributed by atoms with E-state index in [1.807, 2.05) is 19.9 Å². The second kappa shape index (κ2) is 11.1. The third-order valence-electron chi connectivity index (χ3n) is 5.02. The molecular weight excluding hydrogens is 404 g/mol. The molecule has 2 rings (SSSR count). The zero-order valence-electron chi connectivity index (χ0n) is 17.6. The van der Waals surface area contributed by atoms with E-state index in [1.54, 1.807) is 0 Å². The Labute approximate surface area is 178 Å². The average molecular weight is 435 g/mol. The molecule has 0 radical (unpaired) electrons. The lowest BCUT2D eigenvalue weighted by atomic mass is 10.0. The Morgan fingerprint density at radius 2 is 1.80 bits per heavy atom. The summed E-state index contributed by atoms with van der Waals surface area (Å²) in [6.07, 6.45) is 2.64. The number of amides is 2. The van der Waals surface area contributed by atoms with Gasteiger partial charge in [0.05, 0.1) is 16.7 Å². The van der Waals surface area contributed by atoms with E-state index in [4.69, 9.17) is 5.26 Å². The Balaban J connectivity index is 2.01. The highest BCUT2D eigenvalue weighted by Crippen LogP contribution is 2.15. The van der Waals surface area contributed by atoms with E-state index >= 15 is 0 Å². The van der Waals surface area contributed by atoms with Crippen molar-refractivity contribution in [2.45, 2.75) is 44.0 Å². The number of likely N-dealkylation sites (tertiary alicyclic amines) is 1. The quantitative estimate of drug-likeness (QED) is 0.536. The summed E-state index contributed by atoms with van der Waals surface area (Å²) in [5.41, 5.74) is 0.273. The standard InChI is InChI=1S/C21H30N4O4S/c1-16(2)15-19(21(27)23-10-9-22)24-20(26)17-5-7-18(8-6-17)30(28,29)14-13-25-11-3-4-12-25/h5-8,16,19H,3-4,10-15H2,1-2H3,(H,23,27)(H,24,26). The predicted molar refractivity (Wildman–Crippen MR) is 114 cm³/mol. The molecule has 0 aliphatic carbocycles. The molecule has 0 saturated carbocycles. The van der Waals surface area contributed by atoms with Crippen LogP contribution in [-0.4, -0.2) is 63.1 Å². The number of nitrogens with zero attached hydrogens (tertiary/aromatic N) is 2. The number of sulfone groups is 1. The molecule has 1 aromatic carbocycles. The van der Waals surface area contributed by atoms with Crippen LogP contribution in [0.3, 0.4) is 0 Å². The van der Waals surface area contributed by atoms with E-state index in [1.165, 1.54) is 24.3 Å². The highest BCUT2D eigenvalue weighted by atomic mass is 32.2. The number of benzene rings is 1. The molecule has 1 heterocycles. The topological polar surface area (TPSA) is 119 Å². The third-order valence-corrected chi connectivity index (χ3v) is 6.73. The van der Waals surface area contributed by atoms with Gasteiger partial charge in [-0.25, -0.2) is 8.42 Å². The molecule has 1 aliphatic rings. The zero-order valence-corrected chi connectivity index (χ0v) is 18.4. The van der Waals surface area contributed by atoms with Gasteiger partial charge in [0.25, 0.3) is 5.91 Å². The summed E-state index contributed by atoms with van der Waals surface area (Å²) in [7, 11) is -3.42. The van der Waals surface area contributed by atoms with Gasteiger partial charge in [0.1, 0.15) is 12.6 Å². The van der Waals surface area contributed by atoms with Crippen LogP contribution in [0.4, 0.5) is 0 Å². The van der Waals surface area contributed by atoms with Crippen molar-refractivity contribution in [3.8, 4) is 6.07 Å². The maximum Gasteiger partial charge on any atom is 0.251 e. The first kappa shape index (κ1) is 23.8. The second-order valence-corrected chi connectivity index (χ2v) is 10.0. The highest BCUT2D eigenvalue weighted by Gasteiger charge is 2.23. The number of nitriles is 1. The number of nitrogens with one attached hydrogen (secondary N) is 2. The molecule has 2 N–H and O–H groups in total. The zero-order chi connectivity index (χ0) is 22.1. The normalized spacial score (nSPS) is 15.5. The number of carbonyl (C=O) groups excluding carboxylic acids is 2. The van der Waals surface area contributed by atoms with Crippen molar-refractivity contribution < 1.29 is 18.0 Å². The molecule has 0 bridgehead atoms. The van der Waals surface area contributed by atoms with Crippen LogP contribution in [-0.2, 0) is 14.6 Å². The van der Waals surface area contributed by atoms with Gasteiger partial charge in [0.15, 0.2) is 9.84 Å². The van der Waals surface area contributed by atoms with Gasteiger partial charge >= 0.3 is 0 Å². The van der Waals surface area contributed by atoms with Crippen molar-refractivity contribution in [2.75, 3.05) is 31.9 Å². The lowest BCUT2D eigenvalue weighted by Crippen LogP contribution is -2.47. The van der Waals surface area contributed by atoms with Gasteiger partial charge in [0, 0.05) is 12.1 Å². The lowest BCUT2D eigenvalue weighted by molar-refractivity contribution is -0.123. The fraction of sp³-hybridized carbons (Fsp3) is 0.571. The summed E-state index contributed by atoms with van der Waals surface area (Å²) in [6.45, 7) is 6.12. The minimum Gasteiger partial charge on any atom is -0.341 e. The number of hydrogen-bond donors (Lipinski definition) is 2. The molecule has 1 unspecified atom stereocenters. The van der Waals surface area contributed by atoms with E-state index in [-0.39, 0.29) is 28.7 Å². The van der Waals surface area contributed by atoms with Gasteiger partial charge in [-0.1, -0.05) is 13.8 Å². The van der Waals surface area contributed by atoms with Crippen molar-refractivity contribution in [1.29, 1.82) is 5.26 Å². The molecule has 1 aromatic rings. The number of carbonyl (C=O) groups is 2. The molecule has 1 aliphatic heterocycles. The molecule has 30 heavy (non-hydrogen) atoms. The minimum atomic E-state index is -3.42. The van der Waals surface area contributed by atoms with Crippen molar-refractivity contribution >= 4 is 21.7 Å². The molecule has 164 valence electrons. The summed E-state index contributed by atoms with van der Waals surface area (Å²) in [5.74, 6) is -0.673. The largest absolute Gasteiger partial charge is 0.341 e. The minimum absolute atomic E-state index is 0.0497. The van der Waals surface area contributed by atoms with Gasteiger partial charge in [-0.15, -0.1) is 0 Å². The van der Waals surface area contributed by atoms with Gasteiger partial charge in [0.2, 0.25) is 5.91 Å². The second-order valence-electron chi connectivity index (χ2n) is 7.92. The van der Waals surface area contributed by atoms with Gasteiger partial charge in [-0.3, -0.25) is 9.59 Å². The fourth-order valence-corrected chi connectivity index (χ4v) is 4.67. The van der Waals surface area contributed by atoms with Crippen LogP contribution >= 0.6 is 0 Å². The first-order valence-electron chi connectivity index (χ1n) is 10.2. The van der Waals surface area contributed by atoms with Crippen LogP contribution in [0.15, 0.2) is 29.2 Å². The maximum atomic E-state index is 12.6. The van der Waals surface area contributed by atoms with Crippen LogP contribution < -0.4 is 10.6 Å². The number of rotatable bonds is 10. The highest BCUT2D eigenvalue weighted by molar-refractivity contribution is 7.91. The Morgan fingerprint density at radius 1 is 1.17 bits per heavy atom. The van der Waals surface area contributed by atoms with Crippen molar-refractivity contribution in [3.05, 3.63) is 29.8 Å². The van der Waals surface area contributed by atoms with E-state index in [2.05, 4.69) is 15.5 Å². The van der Waals surface area contributed by atoms with Gasteiger partial charge in [-0.05, 0) is 62.5 Å². The molecule has 0 aromatic heterocycles. The Morgan fingerprint density at radius 3 is 2.37 bits per heavy atom. The molecule has 8 nitrogen and oxygen atoms in total. The van der Waals surface area contributed by atoms with E-state index in [0.29, 0.717) is 13.0 Å². The van der Waals surface area contributed by atoms with Crippen LogP contribution in [0.1, 0.15) is 43.5 Å². The molecule has 1 saturated heterocycles. The fourth-order valence-electron chi connectivity index (χ4n) is 3.38. The smallest absolute Gasteiger partial charge is 0.251 e. The molecule has 9 heteroatoms. The van der Waals surface area contributed by atoms with Crippen LogP contribution in [0.25, 0.3) is 0 Å². The lowest BCUT2D eigenvalue weighted by Gasteiger charge is -2.19. The summed E-state index contributed by atoms with van der Waals surface area (Å²) < 4.78 is 25.1. The van der Waals surface area contributed by atoms with Crippen molar-refractivity contribution in [2.24, 2.45) is 5.92 Å². The predicted octanol–water partition coefficient (Wildman–Crippen LogP) is 1.34. The van der Waals surface area contributed by atoms with Gasteiger partial charge in [-0.2, -0.15) is 5.26 Å². The third kappa shape index (κ3) is 7.11. The van der Waals surface area contributed by atoms with E-state index in [0.717, 1.165) is 25.9 Å². The Hall–Kier alpha value is -2.44.